The first kappa shape index (κ1) is 16.3. The maximum Gasteiger partial charge on any atom is 0.320 e. The number of carbonyl (C=O) groups excluding carboxylic acids is 2. The summed E-state index contributed by atoms with van der Waals surface area (Å²) in [6.07, 6.45) is 5.45. The molecule has 1 N–H and O–H groups in total. The van der Waals surface area contributed by atoms with Gasteiger partial charge in [0, 0.05) is 12.0 Å². The Morgan fingerprint density at radius 2 is 2.00 bits per heavy atom. The van der Waals surface area contributed by atoms with Crippen molar-refractivity contribution in [3.8, 4) is 0 Å². The van der Waals surface area contributed by atoms with E-state index >= 15 is 0 Å². The van der Waals surface area contributed by atoms with E-state index in [0.717, 1.165) is 32.1 Å². The van der Waals surface area contributed by atoms with Gasteiger partial charge in [0.15, 0.2) is 5.78 Å². The normalized spacial score (nSPS) is 46.8. The Hall–Kier alpha value is -1.16. The van der Waals surface area contributed by atoms with E-state index in [9.17, 15) is 14.7 Å². The number of aliphatic hydroxyl groups is 1. The van der Waals surface area contributed by atoms with Gasteiger partial charge in [-0.1, -0.05) is 26.8 Å². The van der Waals surface area contributed by atoms with Crippen molar-refractivity contribution < 1.29 is 19.4 Å². The van der Waals surface area contributed by atoms with Gasteiger partial charge >= 0.3 is 5.97 Å². The van der Waals surface area contributed by atoms with Gasteiger partial charge < -0.3 is 9.84 Å². The van der Waals surface area contributed by atoms with E-state index in [1.54, 1.807) is 0 Å². The topological polar surface area (TPSA) is 63.6 Å². The van der Waals surface area contributed by atoms with Crippen LogP contribution in [0.2, 0.25) is 0 Å². The minimum Gasteiger partial charge on any atom is -0.464 e. The molecule has 4 heteroatoms. The van der Waals surface area contributed by atoms with E-state index in [0.29, 0.717) is 18.6 Å². The number of carbonyl (C=O) groups is 2. The zero-order valence-electron chi connectivity index (χ0n) is 14.8. The van der Waals surface area contributed by atoms with Crippen molar-refractivity contribution >= 4 is 11.8 Å². The quantitative estimate of drug-likeness (QED) is 0.455. The molecule has 3 saturated carbocycles. The van der Waals surface area contributed by atoms with Crippen molar-refractivity contribution in [1.82, 2.24) is 0 Å². The maximum atomic E-state index is 13.1. The number of Topliss-reactive ketones (excluding diaryl/α,β-unsaturated/α-hetero) is 1. The Kier molecular flexibility index (Phi) is 3.36. The third kappa shape index (κ3) is 1.73. The number of rotatable bonds is 1. The highest BCUT2D eigenvalue weighted by atomic mass is 16.5. The Morgan fingerprint density at radius 1 is 1.25 bits per heavy atom. The average Bonchev–Trinajstić information content (AvgIpc) is 2.73. The fraction of sp³-hybridized carbons (Fsp3) is 0.800. The molecule has 4 aliphatic rings. The third-order valence-electron chi connectivity index (χ3n) is 7.97. The van der Waals surface area contributed by atoms with Crippen LogP contribution in [0.3, 0.4) is 0 Å². The molecule has 0 amide bonds. The van der Waals surface area contributed by atoms with E-state index < -0.39 is 5.41 Å². The molecule has 4 rings (SSSR count). The zero-order valence-corrected chi connectivity index (χ0v) is 14.8. The first-order valence-electron chi connectivity index (χ1n) is 9.31. The second-order valence-electron chi connectivity index (χ2n) is 9.24. The van der Waals surface area contributed by atoms with E-state index in [2.05, 4.69) is 20.4 Å². The van der Waals surface area contributed by atoms with Crippen molar-refractivity contribution in [1.29, 1.82) is 0 Å². The molecule has 1 saturated heterocycles. The van der Waals surface area contributed by atoms with Crippen LogP contribution in [0.5, 0.6) is 0 Å². The van der Waals surface area contributed by atoms with Gasteiger partial charge in [0.25, 0.3) is 0 Å². The van der Waals surface area contributed by atoms with Crippen molar-refractivity contribution in [3.63, 3.8) is 0 Å². The van der Waals surface area contributed by atoms with Crippen LogP contribution in [0.25, 0.3) is 0 Å². The summed E-state index contributed by atoms with van der Waals surface area (Å²) in [4.78, 5) is 25.9. The van der Waals surface area contributed by atoms with E-state index in [4.69, 9.17) is 4.74 Å². The number of hydrogen-bond acceptors (Lipinski definition) is 4. The average molecular weight is 332 g/mol. The first-order valence-corrected chi connectivity index (χ1v) is 9.31. The number of esters is 1. The van der Waals surface area contributed by atoms with E-state index in [1.807, 2.05) is 0 Å². The van der Waals surface area contributed by atoms with Crippen LogP contribution in [0, 0.1) is 34.0 Å². The first-order chi connectivity index (χ1) is 11.3. The number of ether oxygens (including phenoxy) is 1. The van der Waals surface area contributed by atoms with Crippen LogP contribution < -0.4 is 0 Å². The summed E-state index contributed by atoms with van der Waals surface area (Å²) in [5.74, 6) is -0.204. The standard InChI is InChI=1S/C20H28O4/c1-12-13-5-6-14-19(8-4-7-18(2,3)15(19)10-21)11-24-17(23)20(14,9-13)16(12)22/h13-15,21H,1,4-11H2,2-3H3/t13-,14+,15-,19-,20+/m1/s1. The minimum absolute atomic E-state index is 0.00650. The summed E-state index contributed by atoms with van der Waals surface area (Å²) in [5, 5.41) is 10.2. The minimum atomic E-state index is -1.01. The van der Waals surface area contributed by atoms with E-state index in [1.165, 1.54) is 0 Å². The maximum absolute atomic E-state index is 13.1. The van der Waals surface area contributed by atoms with Crippen LogP contribution in [-0.4, -0.2) is 30.1 Å². The van der Waals surface area contributed by atoms with E-state index in [-0.39, 0.29) is 46.9 Å². The number of allylic oxidation sites excluding steroid dienone is 1. The molecule has 24 heavy (non-hydrogen) atoms. The Balaban J connectivity index is 1.86. The molecule has 4 fully saturated rings. The van der Waals surface area contributed by atoms with Crippen LogP contribution in [-0.2, 0) is 14.3 Å². The molecule has 5 atom stereocenters. The lowest BCUT2D eigenvalue weighted by molar-refractivity contribution is -0.216. The Morgan fingerprint density at radius 3 is 2.71 bits per heavy atom. The molecule has 0 radical (unpaired) electrons. The molecule has 0 aromatic carbocycles. The van der Waals surface area contributed by atoms with Gasteiger partial charge in [-0.3, -0.25) is 9.59 Å². The van der Waals surface area contributed by atoms with Gasteiger partial charge in [-0.05, 0) is 60.8 Å². The van der Waals surface area contributed by atoms with Gasteiger partial charge in [-0.15, -0.1) is 0 Å². The number of fused-ring (bicyclic) bond motifs is 2. The van der Waals surface area contributed by atoms with Crippen LogP contribution in [0.1, 0.15) is 52.4 Å². The predicted molar refractivity (Wildman–Crippen MR) is 89.0 cm³/mol. The van der Waals surface area contributed by atoms with Crippen molar-refractivity contribution in [2.75, 3.05) is 13.2 Å². The molecule has 0 aromatic heterocycles. The molecular weight excluding hydrogens is 304 g/mol. The molecule has 1 aliphatic heterocycles. The fourth-order valence-corrected chi connectivity index (χ4v) is 6.81. The lowest BCUT2D eigenvalue weighted by Crippen LogP contribution is -2.64. The highest BCUT2D eigenvalue weighted by Crippen LogP contribution is 2.67. The predicted octanol–water partition coefficient (Wildman–Crippen LogP) is 2.89. The highest BCUT2D eigenvalue weighted by molar-refractivity contribution is 6.15. The number of ketones is 1. The molecular formula is C20H28O4. The molecule has 1 heterocycles. The molecule has 0 aromatic rings. The zero-order chi connectivity index (χ0) is 17.3. The number of aliphatic hydroxyl groups excluding tert-OH is 1. The van der Waals surface area contributed by atoms with Crippen LogP contribution in [0.15, 0.2) is 12.2 Å². The van der Waals surface area contributed by atoms with Crippen molar-refractivity contribution in [2.24, 2.45) is 34.0 Å². The summed E-state index contributed by atoms with van der Waals surface area (Å²) < 4.78 is 5.69. The molecule has 3 aliphatic carbocycles. The van der Waals surface area contributed by atoms with Gasteiger partial charge in [0.1, 0.15) is 5.41 Å². The Labute approximate surface area is 143 Å². The van der Waals surface area contributed by atoms with Crippen molar-refractivity contribution in [2.45, 2.75) is 52.4 Å². The van der Waals surface area contributed by atoms with Gasteiger partial charge in [-0.25, -0.2) is 0 Å². The summed E-state index contributed by atoms with van der Waals surface area (Å²) >= 11 is 0. The van der Waals surface area contributed by atoms with Crippen LogP contribution in [0.4, 0.5) is 0 Å². The largest absolute Gasteiger partial charge is 0.464 e. The van der Waals surface area contributed by atoms with Gasteiger partial charge in [-0.2, -0.15) is 0 Å². The second kappa shape index (κ2) is 4.94. The summed E-state index contributed by atoms with van der Waals surface area (Å²) in [6, 6.07) is 0. The van der Waals surface area contributed by atoms with Gasteiger partial charge in [0.2, 0.25) is 0 Å². The fourth-order valence-electron chi connectivity index (χ4n) is 6.81. The third-order valence-corrected chi connectivity index (χ3v) is 7.97. The Bertz CT molecular complexity index is 621. The monoisotopic (exact) mass is 332 g/mol. The lowest BCUT2D eigenvalue weighted by Gasteiger charge is -2.61. The smallest absolute Gasteiger partial charge is 0.320 e. The SMILES string of the molecule is C=C1C(=O)[C@]23C[C@H]1CC[C@H]2[C@@]1(CCCC(C)(C)[C@H]1CO)COC3=O. The lowest BCUT2D eigenvalue weighted by atomic mass is 9.45. The van der Waals surface area contributed by atoms with Gasteiger partial charge in [0.05, 0.1) is 6.61 Å². The molecule has 132 valence electrons. The highest BCUT2D eigenvalue weighted by Gasteiger charge is 2.71. The summed E-state index contributed by atoms with van der Waals surface area (Å²) in [5.41, 5.74) is -0.663. The summed E-state index contributed by atoms with van der Waals surface area (Å²) in [6.45, 7) is 8.86. The summed E-state index contributed by atoms with van der Waals surface area (Å²) in [7, 11) is 0. The number of hydrogen-bond donors (Lipinski definition) is 1. The van der Waals surface area contributed by atoms with Crippen molar-refractivity contribution in [3.05, 3.63) is 12.2 Å². The molecule has 0 unspecified atom stereocenters. The number of cyclic esters (lactones) is 1. The second-order valence-corrected chi connectivity index (χ2v) is 9.24. The molecule has 2 spiro atoms. The molecule has 2 bridgehead atoms. The molecule has 4 nitrogen and oxygen atoms in total. The van der Waals surface area contributed by atoms with Crippen LogP contribution >= 0.6 is 0 Å².